The fourth-order valence-corrected chi connectivity index (χ4v) is 5.25. The Hall–Kier alpha value is -1.73. The molecular formula is C19H26N4O2S. The van der Waals surface area contributed by atoms with Crippen LogP contribution in [0.15, 0.2) is 24.3 Å². The van der Waals surface area contributed by atoms with E-state index < -0.39 is 9.84 Å². The van der Waals surface area contributed by atoms with E-state index in [0.29, 0.717) is 29.7 Å². The zero-order valence-corrected chi connectivity index (χ0v) is 16.0. The largest absolute Gasteiger partial charge is 0.307 e. The zero-order chi connectivity index (χ0) is 18.2. The van der Waals surface area contributed by atoms with Crippen molar-refractivity contribution in [2.24, 2.45) is 0 Å². The predicted octanol–water partition coefficient (Wildman–Crippen LogP) is 2.27. The van der Waals surface area contributed by atoms with Gasteiger partial charge in [0, 0.05) is 12.3 Å². The van der Waals surface area contributed by atoms with Gasteiger partial charge in [-0.05, 0) is 55.1 Å². The van der Waals surface area contributed by atoms with E-state index in [2.05, 4.69) is 44.8 Å². The van der Waals surface area contributed by atoms with Gasteiger partial charge in [-0.2, -0.15) is 5.10 Å². The molecule has 26 heavy (non-hydrogen) atoms. The molecule has 2 aliphatic carbocycles. The summed E-state index contributed by atoms with van der Waals surface area (Å²) in [6, 6.07) is 9.41. The fraction of sp³-hybridized carbons (Fsp3) is 0.579. The minimum atomic E-state index is -3.09. The van der Waals surface area contributed by atoms with Crippen LogP contribution in [0, 0.1) is 0 Å². The van der Waals surface area contributed by atoms with Gasteiger partial charge in [-0.1, -0.05) is 24.3 Å². The SMILES string of the molecule is CS(=O)(=O)Cc1nc(CNC2CCC3(CCc4ccccc43)CC2)n[nH]1. The highest BCUT2D eigenvalue weighted by atomic mass is 32.2. The van der Waals surface area contributed by atoms with Gasteiger partial charge in [0.25, 0.3) is 0 Å². The van der Waals surface area contributed by atoms with Gasteiger partial charge in [-0.3, -0.25) is 5.10 Å². The van der Waals surface area contributed by atoms with Crippen LogP contribution in [0.4, 0.5) is 0 Å². The second-order valence-electron chi connectivity index (χ2n) is 7.86. The molecule has 0 aliphatic heterocycles. The van der Waals surface area contributed by atoms with Gasteiger partial charge >= 0.3 is 0 Å². The Morgan fingerprint density at radius 2 is 2.00 bits per heavy atom. The Morgan fingerprint density at radius 3 is 2.77 bits per heavy atom. The molecule has 0 radical (unpaired) electrons. The number of aromatic nitrogens is 3. The lowest BCUT2D eigenvalue weighted by molar-refractivity contribution is 0.243. The number of rotatable bonds is 5. The summed E-state index contributed by atoms with van der Waals surface area (Å²) in [5.41, 5.74) is 3.51. The van der Waals surface area contributed by atoms with E-state index in [1.54, 1.807) is 5.56 Å². The number of nitrogens with one attached hydrogen (secondary N) is 2. The third kappa shape index (κ3) is 3.69. The molecule has 0 amide bonds. The molecule has 1 heterocycles. The first kappa shape index (κ1) is 17.7. The number of H-pyrrole nitrogens is 1. The van der Waals surface area contributed by atoms with Crippen LogP contribution in [0.2, 0.25) is 0 Å². The number of fused-ring (bicyclic) bond motifs is 2. The average molecular weight is 375 g/mol. The van der Waals surface area contributed by atoms with Gasteiger partial charge in [-0.15, -0.1) is 0 Å². The molecular weight excluding hydrogens is 348 g/mol. The lowest BCUT2D eigenvalue weighted by Crippen LogP contribution is -2.38. The molecule has 0 saturated heterocycles. The number of hydrogen-bond donors (Lipinski definition) is 2. The highest BCUT2D eigenvalue weighted by molar-refractivity contribution is 7.89. The Kier molecular flexibility index (Phi) is 4.61. The minimum Gasteiger partial charge on any atom is -0.307 e. The fourth-order valence-electron chi connectivity index (χ4n) is 4.62. The summed E-state index contributed by atoms with van der Waals surface area (Å²) in [7, 11) is -3.09. The van der Waals surface area contributed by atoms with E-state index in [1.165, 1.54) is 37.5 Å². The van der Waals surface area contributed by atoms with E-state index >= 15 is 0 Å². The van der Waals surface area contributed by atoms with Crippen molar-refractivity contribution < 1.29 is 8.42 Å². The number of benzene rings is 1. The van der Waals surface area contributed by atoms with Crippen molar-refractivity contribution in [2.75, 3.05) is 6.26 Å². The van der Waals surface area contributed by atoms with Crippen LogP contribution in [0.5, 0.6) is 0 Å². The number of aryl methyl sites for hydroxylation is 1. The van der Waals surface area contributed by atoms with Gasteiger partial charge in [0.1, 0.15) is 11.6 Å². The molecule has 6 nitrogen and oxygen atoms in total. The molecule has 2 aromatic rings. The van der Waals surface area contributed by atoms with E-state index in [1.807, 2.05) is 0 Å². The minimum absolute atomic E-state index is 0.0919. The van der Waals surface area contributed by atoms with Gasteiger partial charge in [0.15, 0.2) is 15.7 Å². The van der Waals surface area contributed by atoms with E-state index in [4.69, 9.17) is 0 Å². The zero-order valence-electron chi connectivity index (χ0n) is 15.2. The lowest BCUT2D eigenvalue weighted by atomic mass is 9.69. The number of hydrogen-bond acceptors (Lipinski definition) is 5. The Balaban J connectivity index is 1.31. The molecule has 0 unspecified atom stereocenters. The van der Waals surface area contributed by atoms with Crippen LogP contribution in [-0.4, -0.2) is 35.9 Å². The van der Waals surface area contributed by atoms with Gasteiger partial charge in [0.05, 0.1) is 6.54 Å². The van der Waals surface area contributed by atoms with Crippen molar-refractivity contribution in [3.8, 4) is 0 Å². The number of sulfone groups is 1. The topological polar surface area (TPSA) is 87.7 Å². The highest BCUT2D eigenvalue weighted by Gasteiger charge is 2.41. The van der Waals surface area contributed by atoms with Crippen molar-refractivity contribution in [2.45, 2.75) is 62.3 Å². The van der Waals surface area contributed by atoms with E-state index in [-0.39, 0.29) is 5.75 Å². The second-order valence-corrected chi connectivity index (χ2v) is 10.0. The van der Waals surface area contributed by atoms with E-state index in [0.717, 1.165) is 12.8 Å². The highest BCUT2D eigenvalue weighted by Crippen LogP contribution is 2.48. The molecule has 140 valence electrons. The summed E-state index contributed by atoms with van der Waals surface area (Å²) in [6.45, 7) is 0.578. The third-order valence-corrected chi connectivity index (χ3v) is 6.73. The van der Waals surface area contributed by atoms with Gasteiger partial charge < -0.3 is 5.32 Å². The first-order valence-corrected chi connectivity index (χ1v) is 11.4. The maximum Gasteiger partial charge on any atom is 0.164 e. The number of nitrogens with zero attached hydrogens (tertiary/aromatic N) is 2. The van der Waals surface area contributed by atoms with Crippen LogP contribution in [0.25, 0.3) is 0 Å². The molecule has 2 N–H and O–H groups in total. The quantitative estimate of drug-likeness (QED) is 0.838. The molecule has 1 spiro atoms. The average Bonchev–Trinajstić information content (AvgIpc) is 3.19. The smallest absolute Gasteiger partial charge is 0.164 e. The summed E-state index contributed by atoms with van der Waals surface area (Å²) in [5.74, 6) is 0.954. The second kappa shape index (κ2) is 6.78. The maximum absolute atomic E-state index is 11.3. The molecule has 1 fully saturated rings. The summed E-state index contributed by atoms with van der Waals surface area (Å²) >= 11 is 0. The molecule has 2 aliphatic rings. The van der Waals surface area contributed by atoms with Crippen molar-refractivity contribution in [3.63, 3.8) is 0 Å². The van der Waals surface area contributed by atoms with Crippen LogP contribution in [0.3, 0.4) is 0 Å². The molecule has 1 aromatic carbocycles. The predicted molar refractivity (Wildman–Crippen MR) is 100 cm³/mol. The van der Waals surface area contributed by atoms with Crippen molar-refractivity contribution in [1.82, 2.24) is 20.5 Å². The molecule has 7 heteroatoms. The standard InChI is InChI=1S/C19H26N4O2S/c1-26(24,25)13-18-21-17(22-23-18)12-20-15-7-10-19(11-8-15)9-6-14-4-2-3-5-16(14)19/h2-5,15,20H,6-13H2,1H3,(H,21,22,23). The molecule has 0 atom stereocenters. The third-order valence-electron chi connectivity index (χ3n) is 5.93. The van der Waals surface area contributed by atoms with Crippen LogP contribution in [0.1, 0.15) is 54.9 Å². The number of aromatic amines is 1. The first-order chi connectivity index (χ1) is 12.4. The lowest BCUT2D eigenvalue weighted by Gasteiger charge is -2.38. The van der Waals surface area contributed by atoms with Gasteiger partial charge in [0.2, 0.25) is 0 Å². The summed E-state index contributed by atoms with van der Waals surface area (Å²) in [5, 5.41) is 10.4. The van der Waals surface area contributed by atoms with Crippen LogP contribution in [-0.2, 0) is 34.0 Å². The Labute approximate surface area is 154 Å². The van der Waals surface area contributed by atoms with Crippen LogP contribution >= 0.6 is 0 Å². The monoisotopic (exact) mass is 374 g/mol. The van der Waals surface area contributed by atoms with Crippen molar-refractivity contribution in [1.29, 1.82) is 0 Å². The van der Waals surface area contributed by atoms with Crippen molar-refractivity contribution in [3.05, 3.63) is 47.0 Å². The van der Waals surface area contributed by atoms with Crippen molar-refractivity contribution >= 4 is 9.84 Å². The molecule has 1 aromatic heterocycles. The molecule has 1 saturated carbocycles. The summed E-state index contributed by atoms with van der Waals surface area (Å²) in [6.07, 6.45) is 8.49. The molecule has 4 rings (SSSR count). The van der Waals surface area contributed by atoms with Crippen LogP contribution < -0.4 is 5.32 Å². The molecule has 0 bridgehead atoms. The maximum atomic E-state index is 11.3. The Bertz CT molecular complexity index is 882. The normalized spacial score (nSPS) is 25.5. The summed E-state index contributed by atoms with van der Waals surface area (Å²) in [4.78, 5) is 4.27. The van der Waals surface area contributed by atoms with Gasteiger partial charge in [-0.25, -0.2) is 13.4 Å². The summed E-state index contributed by atoms with van der Waals surface area (Å²) < 4.78 is 22.6. The Morgan fingerprint density at radius 1 is 1.23 bits per heavy atom. The van der Waals surface area contributed by atoms with E-state index in [9.17, 15) is 8.42 Å². The first-order valence-electron chi connectivity index (χ1n) is 9.33.